The number of hydrogen-bond donors (Lipinski definition) is 0. The smallest absolute Gasteiger partial charge is 0.194 e. The Morgan fingerprint density at radius 1 is 1.38 bits per heavy atom. The van der Waals surface area contributed by atoms with Crippen LogP contribution in [-0.2, 0) is 39.8 Å². The van der Waals surface area contributed by atoms with Crippen LogP contribution >= 0.6 is 0 Å². The van der Waals surface area contributed by atoms with E-state index in [9.17, 15) is 13.6 Å². The summed E-state index contributed by atoms with van der Waals surface area (Å²) < 4.78 is 34.3. The summed E-state index contributed by atoms with van der Waals surface area (Å²) in [7, 11) is 1.43. The van der Waals surface area contributed by atoms with Gasteiger partial charge in [0.25, 0.3) is 0 Å². The summed E-state index contributed by atoms with van der Waals surface area (Å²) in [5, 5.41) is 0. The van der Waals surface area contributed by atoms with E-state index in [4.69, 9.17) is 4.74 Å². The van der Waals surface area contributed by atoms with Crippen molar-refractivity contribution < 1.29 is 46.2 Å². The van der Waals surface area contributed by atoms with E-state index in [0.717, 1.165) is 16.7 Å². The molecular formula is C15H12F2NO2Y-. The van der Waals surface area contributed by atoms with E-state index < -0.39 is 11.6 Å². The Balaban J connectivity index is 0.00000220. The van der Waals surface area contributed by atoms with Gasteiger partial charge in [-0.1, -0.05) is 24.4 Å². The zero-order valence-electron chi connectivity index (χ0n) is 11.4. The Bertz CT molecular complexity index is 690. The molecule has 0 aliphatic carbocycles. The first kappa shape index (κ1) is 17.7. The monoisotopic (exact) mass is 365 g/mol. The molecule has 6 heteroatoms. The number of aromatic nitrogens is 1. The number of ether oxygens (including phenoxy) is 1. The summed E-state index contributed by atoms with van der Waals surface area (Å²) in [6.45, 7) is 3.60. The number of benzene rings is 1. The van der Waals surface area contributed by atoms with Gasteiger partial charge in [-0.15, -0.1) is 0 Å². The van der Waals surface area contributed by atoms with Crippen molar-refractivity contribution in [2.24, 2.45) is 7.05 Å². The average molecular weight is 365 g/mol. The van der Waals surface area contributed by atoms with Crippen LogP contribution in [0.15, 0.2) is 41.7 Å². The second-order valence-electron chi connectivity index (χ2n) is 4.09. The summed E-state index contributed by atoms with van der Waals surface area (Å²) in [6.07, 6.45) is 1.47. The van der Waals surface area contributed by atoms with Crippen LogP contribution in [0.1, 0.15) is 0 Å². The Labute approximate surface area is 146 Å². The molecule has 0 atom stereocenters. The molecule has 1 aromatic carbocycles. The number of hydrogen-bond acceptors (Lipinski definition) is 2. The molecule has 1 radical (unpaired) electrons. The van der Waals surface area contributed by atoms with Gasteiger partial charge in [0.15, 0.2) is 5.56 Å². The Hall–Kier alpha value is -1.33. The minimum Gasteiger partial charge on any atom is -0.489 e. The van der Waals surface area contributed by atoms with Gasteiger partial charge in [-0.25, -0.2) is 8.78 Å². The van der Waals surface area contributed by atoms with Crippen molar-refractivity contribution in [1.82, 2.24) is 4.57 Å². The third-order valence-electron chi connectivity index (χ3n) is 2.73. The topological polar surface area (TPSA) is 31.2 Å². The molecule has 0 aliphatic rings. The van der Waals surface area contributed by atoms with E-state index >= 15 is 0 Å². The van der Waals surface area contributed by atoms with Crippen LogP contribution in [0, 0.1) is 17.7 Å². The molecule has 0 N–H and O–H groups in total. The van der Waals surface area contributed by atoms with E-state index in [0.29, 0.717) is 0 Å². The molecule has 107 valence electrons. The van der Waals surface area contributed by atoms with E-state index in [-0.39, 0.29) is 61.9 Å². The van der Waals surface area contributed by atoms with Gasteiger partial charge in [0.05, 0.1) is 11.6 Å². The van der Waals surface area contributed by atoms with Crippen LogP contribution < -0.4 is 10.3 Å². The molecule has 0 unspecified atom stereocenters. The van der Waals surface area contributed by atoms with Crippen molar-refractivity contribution in [2.45, 2.75) is 0 Å². The van der Waals surface area contributed by atoms with Crippen LogP contribution in [0.3, 0.4) is 0 Å². The molecule has 0 spiro atoms. The van der Waals surface area contributed by atoms with Gasteiger partial charge in [-0.05, 0) is 5.56 Å². The van der Waals surface area contributed by atoms with E-state index in [1.165, 1.54) is 25.3 Å². The molecular weight excluding hydrogens is 353 g/mol. The van der Waals surface area contributed by atoms with Gasteiger partial charge in [0, 0.05) is 51.9 Å². The van der Waals surface area contributed by atoms with Crippen molar-refractivity contribution >= 4 is 0 Å². The SMILES string of the molecule is C=CCOc1cc(F)c(-c2[c-]ccc(=O)n2C)c(F)c1.[Y]. The number of halogens is 2. The molecule has 0 fully saturated rings. The quantitative estimate of drug-likeness (QED) is 0.616. The molecule has 0 aliphatic heterocycles. The number of pyridine rings is 1. The first-order valence-electron chi connectivity index (χ1n) is 5.85. The van der Waals surface area contributed by atoms with E-state index in [2.05, 4.69) is 12.6 Å². The van der Waals surface area contributed by atoms with Crippen LogP contribution in [0.5, 0.6) is 5.75 Å². The van der Waals surface area contributed by atoms with Gasteiger partial charge in [0.1, 0.15) is 12.4 Å². The summed E-state index contributed by atoms with van der Waals surface area (Å²) in [5.41, 5.74) is -0.636. The van der Waals surface area contributed by atoms with E-state index in [1.807, 2.05) is 0 Å². The molecule has 0 amide bonds. The molecule has 0 bridgehead atoms. The fourth-order valence-electron chi connectivity index (χ4n) is 1.77. The number of rotatable bonds is 4. The molecule has 3 nitrogen and oxygen atoms in total. The minimum atomic E-state index is -0.818. The summed E-state index contributed by atoms with van der Waals surface area (Å²) in [6, 6.07) is 7.39. The minimum absolute atomic E-state index is 0. The Morgan fingerprint density at radius 2 is 2.00 bits per heavy atom. The molecule has 1 heterocycles. The van der Waals surface area contributed by atoms with E-state index in [1.54, 1.807) is 0 Å². The van der Waals surface area contributed by atoms with Crippen molar-refractivity contribution in [1.29, 1.82) is 0 Å². The Kier molecular flexibility index (Phi) is 6.43. The van der Waals surface area contributed by atoms with Crippen molar-refractivity contribution in [3.8, 4) is 17.0 Å². The zero-order chi connectivity index (χ0) is 14.7. The van der Waals surface area contributed by atoms with Crippen LogP contribution in [0.4, 0.5) is 8.78 Å². The third-order valence-corrected chi connectivity index (χ3v) is 2.73. The van der Waals surface area contributed by atoms with Gasteiger partial charge in [0.2, 0.25) is 0 Å². The van der Waals surface area contributed by atoms with Crippen LogP contribution in [0.2, 0.25) is 0 Å². The maximum absolute atomic E-state index is 14.1. The largest absolute Gasteiger partial charge is 0.489 e. The third kappa shape index (κ3) is 3.86. The second kappa shape index (κ2) is 7.62. The first-order chi connectivity index (χ1) is 9.54. The molecule has 1 aromatic heterocycles. The molecule has 2 aromatic rings. The Morgan fingerprint density at radius 3 is 2.57 bits per heavy atom. The molecule has 0 saturated carbocycles. The standard InChI is InChI=1S/C15H12F2NO2.Y/c1-3-7-20-10-8-11(16)15(12(17)9-10)13-5-4-6-14(19)18(13)2;/h3-4,6,8-9H,1,7H2,2H3;/q-1;. The maximum Gasteiger partial charge on any atom is 0.194 e. The molecule has 2 rings (SSSR count). The average Bonchev–Trinajstić information content (AvgIpc) is 2.40. The van der Waals surface area contributed by atoms with Crippen LogP contribution in [0.25, 0.3) is 11.3 Å². The van der Waals surface area contributed by atoms with Gasteiger partial charge in [-0.3, -0.25) is 4.79 Å². The summed E-state index contributed by atoms with van der Waals surface area (Å²) in [5.74, 6) is -1.58. The normalized spacial score (nSPS) is 9.86. The van der Waals surface area contributed by atoms with Gasteiger partial charge < -0.3 is 9.30 Å². The van der Waals surface area contributed by atoms with Gasteiger partial charge in [-0.2, -0.15) is 12.1 Å². The van der Waals surface area contributed by atoms with Crippen molar-refractivity contribution in [3.63, 3.8) is 0 Å². The fraction of sp³-hybridized carbons (Fsp3) is 0.133. The second-order valence-corrected chi connectivity index (χ2v) is 4.09. The predicted molar refractivity (Wildman–Crippen MR) is 71.6 cm³/mol. The summed E-state index contributed by atoms with van der Waals surface area (Å²) >= 11 is 0. The fourth-order valence-corrected chi connectivity index (χ4v) is 1.77. The van der Waals surface area contributed by atoms with Crippen molar-refractivity contribution in [2.75, 3.05) is 6.61 Å². The summed E-state index contributed by atoms with van der Waals surface area (Å²) in [4.78, 5) is 11.5. The number of nitrogens with zero attached hydrogens (tertiary/aromatic N) is 1. The predicted octanol–water partition coefficient (Wildman–Crippen LogP) is 2.69. The molecule has 0 saturated heterocycles. The van der Waals surface area contributed by atoms with Crippen LogP contribution in [-0.4, -0.2) is 11.2 Å². The first-order valence-corrected chi connectivity index (χ1v) is 5.85. The van der Waals surface area contributed by atoms with Crippen molar-refractivity contribution in [3.05, 3.63) is 65.0 Å². The zero-order valence-corrected chi connectivity index (χ0v) is 14.2. The molecule has 21 heavy (non-hydrogen) atoms. The van der Waals surface area contributed by atoms with Gasteiger partial charge >= 0.3 is 0 Å². The maximum atomic E-state index is 14.1.